The molecule has 0 spiro atoms. The Hall–Kier alpha value is -2.14. The molecule has 0 aliphatic rings. The zero-order valence-electron chi connectivity index (χ0n) is 9.94. The molecule has 0 radical (unpaired) electrons. The minimum atomic E-state index is -4.42. The fourth-order valence-corrected chi connectivity index (χ4v) is 1.54. The van der Waals surface area contributed by atoms with Crippen LogP contribution in [0.5, 0.6) is 0 Å². The molecule has 0 aliphatic heterocycles. The van der Waals surface area contributed by atoms with Gasteiger partial charge in [-0.2, -0.15) is 33.4 Å². The van der Waals surface area contributed by atoms with Crippen molar-refractivity contribution in [3.63, 3.8) is 0 Å². The summed E-state index contributed by atoms with van der Waals surface area (Å²) >= 11 is 0. The van der Waals surface area contributed by atoms with E-state index in [1.165, 1.54) is 13.0 Å². The quantitative estimate of drug-likeness (QED) is 0.899. The molecular weight excluding hydrogens is 259 g/mol. The maximum absolute atomic E-state index is 12.5. The Morgan fingerprint density at radius 2 is 1.95 bits per heavy atom. The number of fused-ring (bicyclic) bond motifs is 1. The van der Waals surface area contributed by atoms with E-state index < -0.39 is 17.3 Å². The van der Waals surface area contributed by atoms with Crippen LogP contribution < -0.4 is 5.73 Å². The summed E-state index contributed by atoms with van der Waals surface area (Å²) in [5, 5.41) is 16.7. The van der Waals surface area contributed by atoms with Crippen LogP contribution in [0.15, 0.2) is 18.2 Å². The zero-order valence-corrected chi connectivity index (χ0v) is 9.94. The number of nitrogens with two attached hydrogens (primary N) is 1. The fourth-order valence-electron chi connectivity index (χ4n) is 1.54. The van der Waals surface area contributed by atoms with Gasteiger partial charge in [0.2, 0.25) is 0 Å². The van der Waals surface area contributed by atoms with Crippen molar-refractivity contribution in [3.05, 3.63) is 23.8 Å². The molecule has 1 aromatic carbocycles. The smallest absolute Gasteiger partial charge is 0.312 e. The van der Waals surface area contributed by atoms with Crippen LogP contribution in [0.4, 0.5) is 13.2 Å². The highest BCUT2D eigenvalue weighted by Gasteiger charge is 2.31. The first kappa shape index (κ1) is 13.3. The van der Waals surface area contributed by atoms with Crippen LogP contribution >= 0.6 is 0 Å². The van der Waals surface area contributed by atoms with Crippen molar-refractivity contribution in [1.29, 1.82) is 5.26 Å². The van der Waals surface area contributed by atoms with E-state index in [2.05, 4.69) is 10.2 Å². The van der Waals surface area contributed by atoms with Crippen LogP contribution in [0.3, 0.4) is 0 Å². The summed E-state index contributed by atoms with van der Waals surface area (Å²) in [6, 6.07) is 4.96. The van der Waals surface area contributed by atoms with Gasteiger partial charge in [-0.1, -0.05) is 0 Å². The first-order valence-corrected chi connectivity index (χ1v) is 5.33. The number of nitriles is 1. The molecule has 2 rings (SSSR count). The molecule has 1 atom stereocenters. The van der Waals surface area contributed by atoms with Crippen LogP contribution in [0.25, 0.3) is 11.0 Å². The van der Waals surface area contributed by atoms with E-state index in [9.17, 15) is 13.2 Å². The molecule has 19 heavy (non-hydrogen) atoms. The number of nitrogens with zero attached hydrogens (tertiary/aromatic N) is 4. The molecule has 2 N–H and O–H groups in total. The Morgan fingerprint density at radius 1 is 1.32 bits per heavy atom. The van der Waals surface area contributed by atoms with Crippen LogP contribution in [0.1, 0.15) is 12.5 Å². The Balaban J connectivity index is 2.39. The summed E-state index contributed by atoms with van der Waals surface area (Å²) < 4.78 is 37.6. The predicted octanol–water partition coefficient (Wildman–Crippen LogP) is 1.69. The monoisotopic (exact) mass is 269 g/mol. The van der Waals surface area contributed by atoms with E-state index in [0.717, 1.165) is 16.9 Å². The van der Waals surface area contributed by atoms with Gasteiger partial charge in [0, 0.05) is 0 Å². The van der Waals surface area contributed by atoms with Crippen LogP contribution in [-0.4, -0.2) is 20.5 Å². The van der Waals surface area contributed by atoms with Crippen molar-refractivity contribution >= 4 is 11.0 Å². The largest absolute Gasteiger partial charge is 0.416 e. The highest BCUT2D eigenvalue weighted by atomic mass is 19.4. The molecule has 1 aromatic heterocycles. The van der Waals surface area contributed by atoms with Gasteiger partial charge in [-0.3, -0.25) is 0 Å². The van der Waals surface area contributed by atoms with Gasteiger partial charge in [0.1, 0.15) is 16.6 Å². The number of rotatable bonds is 2. The molecule has 0 aliphatic carbocycles. The number of halogens is 3. The van der Waals surface area contributed by atoms with Gasteiger partial charge in [-0.25, -0.2) is 0 Å². The second kappa shape index (κ2) is 4.20. The van der Waals surface area contributed by atoms with E-state index >= 15 is 0 Å². The zero-order chi connectivity index (χ0) is 14.3. The molecule has 5 nitrogen and oxygen atoms in total. The van der Waals surface area contributed by atoms with Crippen LogP contribution in [-0.2, 0) is 12.7 Å². The van der Waals surface area contributed by atoms with Gasteiger partial charge in [-0.05, 0) is 25.1 Å². The molecule has 1 heterocycles. The summed E-state index contributed by atoms with van der Waals surface area (Å²) in [4.78, 5) is 1.13. The molecule has 0 amide bonds. The van der Waals surface area contributed by atoms with Gasteiger partial charge in [0.25, 0.3) is 0 Å². The lowest BCUT2D eigenvalue weighted by Crippen LogP contribution is -2.39. The lowest BCUT2D eigenvalue weighted by atomic mass is 10.1. The van der Waals surface area contributed by atoms with E-state index in [-0.39, 0.29) is 12.1 Å². The average Bonchev–Trinajstić information content (AvgIpc) is 2.67. The number of alkyl halides is 3. The third-order valence-corrected chi connectivity index (χ3v) is 2.47. The molecular formula is C11H10F3N5. The van der Waals surface area contributed by atoms with Gasteiger partial charge in [-0.15, -0.1) is 0 Å². The number of benzene rings is 1. The summed E-state index contributed by atoms with van der Waals surface area (Å²) in [6.45, 7) is 1.49. The third kappa shape index (κ3) is 2.82. The van der Waals surface area contributed by atoms with Gasteiger partial charge in [0.15, 0.2) is 0 Å². The van der Waals surface area contributed by atoms with Crippen molar-refractivity contribution in [3.8, 4) is 6.07 Å². The first-order valence-electron chi connectivity index (χ1n) is 5.33. The van der Waals surface area contributed by atoms with Gasteiger partial charge >= 0.3 is 6.18 Å². The average molecular weight is 269 g/mol. The van der Waals surface area contributed by atoms with Crippen LogP contribution in [0.2, 0.25) is 0 Å². The summed E-state index contributed by atoms with van der Waals surface area (Å²) in [6.07, 6.45) is -4.42. The van der Waals surface area contributed by atoms with Gasteiger partial charge < -0.3 is 5.73 Å². The highest BCUT2D eigenvalue weighted by Crippen LogP contribution is 2.30. The first-order chi connectivity index (χ1) is 8.71. The van der Waals surface area contributed by atoms with Crippen molar-refractivity contribution < 1.29 is 13.2 Å². The van der Waals surface area contributed by atoms with Crippen molar-refractivity contribution in [2.75, 3.05) is 0 Å². The minimum absolute atomic E-state index is 0.000465. The van der Waals surface area contributed by atoms with Crippen LogP contribution in [0, 0.1) is 11.3 Å². The maximum Gasteiger partial charge on any atom is 0.416 e. The lowest BCUT2D eigenvalue weighted by Gasteiger charge is -2.13. The van der Waals surface area contributed by atoms with Crippen molar-refractivity contribution in [1.82, 2.24) is 15.0 Å². The molecule has 100 valence electrons. The standard InChI is InChI=1S/C11H10F3N5/c1-10(16,5-15)6-19-17-8-3-2-7(11(12,13)14)4-9(8)18-19/h2-4H,6,16H2,1H3. The minimum Gasteiger partial charge on any atom is -0.312 e. The Kier molecular flexibility index (Phi) is 2.94. The Labute approximate surface area is 106 Å². The third-order valence-electron chi connectivity index (χ3n) is 2.47. The van der Waals surface area contributed by atoms with E-state index in [1.54, 1.807) is 0 Å². The summed E-state index contributed by atoms with van der Waals surface area (Å²) in [5.74, 6) is 0. The number of hydrogen-bond acceptors (Lipinski definition) is 4. The highest BCUT2D eigenvalue weighted by molar-refractivity contribution is 5.74. The topological polar surface area (TPSA) is 80.5 Å². The second-order valence-electron chi connectivity index (χ2n) is 4.46. The second-order valence-corrected chi connectivity index (χ2v) is 4.46. The van der Waals surface area contributed by atoms with Crippen molar-refractivity contribution in [2.45, 2.75) is 25.2 Å². The van der Waals surface area contributed by atoms with Gasteiger partial charge in [0.05, 0.1) is 18.2 Å². The molecule has 0 bridgehead atoms. The summed E-state index contributed by atoms with van der Waals surface area (Å²) in [7, 11) is 0. The molecule has 8 heteroatoms. The Morgan fingerprint density at radius 3 is 2.53 bits per heavy atom. The molecule has 1 unspecified atom stereocenters. The van der Waals surface area contributed by atoms with E-state index in [1.807, 2.05) is 6.07 Å². The Bertz CT molecular complexity index is 650. The fraction of sp³-hybridized carbons (Fsp3) is 0.364. The van der Waals surface area contributed by atoms with Crippen molar-refractivity contribution in [2.24, 2.45) is 5.73 Å². The normalized spacial score (nSPS) is 15.2. The molecule has 2 aromatic rings. The predicted molar refractivity (Wildman–Crippen MR) is 60.7 cm³/mol. The number of hydrogen-bond donors (Lipinski definition) is 1. The molecule has 0 saturated carbocycles. The van der Waals surface area contributed by atoms with E-state index in [0.29, 0.717) is 5.52 Å². The molecule has 0 saturated heterocycles. The SMILES string of the molecule is CC(N)(C#N)Cn1nc2ccc(C(F)(F)F)cc2n1. The maximum atomic E-state index is 12.5. The molecule has 0 fully saturated rings. The lowest BCUT2D eigenvalue weighted by molar-refractivity contribution is -0.137. The number of aromatic nitrogens is 3. The van der Waals surface area contributed by atoms with E-state index in [4.69, 9.17) is 11.0 Å². The summed E-state index contributed by atoms with van der Waals surface area (Å²) in [5.41, 5.74) is 4.09.